The number of methoxy groups -OCH3 is 1. The Labute approximate surface area is 207 Å². The quantitative estimate of drug-likeness (QED) is 0.430. The summed E-state index contributed by atoms with van der Waals surface area (Å²) in [5, 5.41) is 3.60. The van der Waals surface area contributed by atoms with Crippen LogP contribution in [0.4, 0.5) is 5.69 Å². The zero-order valence-electron chi connectivity index (χ0n) is 20.6. The van der Waals surface area contributed by atoms with Crippen LogP contribution in [0.1, 0.15) is 52.0 Å². The van der Waals surface area contributed by atoms with Crippen LogP contribution in [0.25, 0.3) is 6.08 Å². The van der Waals surface area contributed by atoms with Crippen LogP contribution in [0.15, 0.2) is 53.4 Å². The number of thioether (sulfide) groups is 1. The van der Waals surface area contributed by atoms with E-state index in [0.717, 1.165) is 28.3 Å². The molecule has 1 unspecified atom stereocenters. The number of rotatable bonds is 8. The van der Waals surface area contributed by atoms with Gasteiger partial charge in [0.05, 0.1) is 18.6 Å². The SMILES string of the molecule is COc1cc(/C=C2\SC(Nc3ccccc3)N([C@H]3CCCC[C@H]3C)C2=O)ccc1OCC(C)C. The second-order valence-electron chi connectivity index (χ2n) is 9.65. The van der Waals surface area contributed by atoms with Crippen LogP contribution in [-0.4, -0.2) is 36.1 Å². The number of carbonyl (C=O) groups excluding carboxylic acids is 1. The summed E-state index contributed by atoms with van der Waals surface area (Å²) in [5.74, 6) is 2.44. The van der Waals surface area contributed by atoms with E-state index in [1.807, 2.05) is 42.5 Å². The molecule has 0 aromatic heterocycles. The molecule has 1 N–H and O–H groups in total. The third-order valence-corrected chi connectivity index (χ3v) is 7.60. The van der Waals surface area contributed by atoms with E-state index in [0.29, 0.717) is 24.2 Å². The van der Waals surface area contributed by atoms with E-state index >= 15 is 0 Å². The Kier molecular flexibility index (Phi) is 8.09. The second-order valence-corrected chi connectivity index (χ2v) is 10.8. The maximum absolute atomic E-state index is 13.7. The summed E-state index contributed by atoms with van der Waals surface area (Å²) >= 11 is 1.60. The molecule has 4 rings (SSSR count). The molecule has 1 amide bonds. The fourth-order valence-corrected chi connectivity index (χ4v) is 5.88. The molecule has 3 atom stereocenters. The van der Waals surface area contributed by atoms with Gasteiger partial charge in [-0.25, -0.2) is 0 Å². The van der Waals surface area contributed by atoms with Crippen LogP contribution < -0.4 is 14.8 Å². The number of benzene rings is 2. The van der Waals surface area contributed by atoms with E-state index in [-0.39, 0.29) is 17.4 Å². The lowest BCUT2D eigenvalue weighted by atomic mass is 9.85. The molecule has 34 heavy (non-hydrogen) atoms. The molecule has 0 spiro atoms. The lowest BCUT2D eigenvalue weighted by molar-refractivity contribution is -0.129. The standard InChI is InChI=1S/C28H36N2O3S/c1-19(2)18-33-24-15-14-21(16-25(24)32-4)17-26-27(31)30(23-13-9-8-10-20(23)3)28(34-26)29-22-11-6-5-7-12-22/h5-7,11-12,14-17,19-20,23,28-29H,8-10,13,18H2,1-4H3/b26-17-/t20-,23+,28?/m1/s1. The molecule has 2 aliphatic rings. The third kappa shape index (κ3) is 5.72. The number of amides is 1. The zero-order valence-corrected chi connectivity index (χ0v) is 21.4. The van der Waals surface area contributed by atoms with E-state index in [1.165, 1.54) is 19.3 Å². The van der Waals surface area contributed by atoms with Gasteiger partial charge >= 0.3 is 0 Å². The van der Waals surface area contributed by atoms with Crippen LogP contribution in [0, 0.1) is 11.8 Å². The Morgan fingerprint density at radius 3 is 2.59 bits per heavy atom. The fraction of sp³-hybridized carbons (Fsp3) is 0.464. The Hall–Kier alpha value is -2.60. The summed E-state index contributed by atoms with van der Waals surface area (Å²) in [6.45, 7) is 7.15. The molecule has 1 heterocycles. The van der Waals surface area contributed by atoms with Crippen LogP contribution in [-0.2, 0) is 4.79 Å². The minimum Gasteiger partial charge on any atom is -0.493 e. The van der Waals surface area contributed by atoms with E-state index in [1.54, 1.807) is 18.9 Å². The summed E-state index contributed by atoms with van der Waals surface area (Å²) in [6.07, 6.45) is 6.64. The molecule has 6 heteroatoms. The highest BCUT2D eigenvalue weighted by molar-refractivity contribution is 8.05. The topological polar surface area (TPSA) is 50.8 Å². The van der Waals surface area contributed by atoms with E-state index in [4.69, 9.17) is 9.47 Å². The highest BCUT2D eigenvalue weighted by Gasteiger charge is 2.42. The van der Waals surface area contributed by atoms with Crippen molar-refractivity contribution in [3.05, 3.63) is 59.0 Å². The largest absolute Gasteiger partial charge is 0.493 e. The third-order valence-electron chi connectivity index (χ3n) is 6.48. The number of para-hydroxylation sites is 1. The molecular formula is C28H36N2O3S. The Balaban J connectivity index is 1.60. The van der Waals surface area contributed by atoms with Gasteiger partial charge in [0.15, 0.2) is 17.0 Å². The number of hydrogen-bond acceptors (Lipinski definition) is 5. The molecule has 1 saturated heterocycles. The summed E-state index contributed by atoms with van der Waals surface area (Å²) in [5.41, 5.74) is 1.83. The van der Waals surface area contributed by atoms with Crippen molar-refractivity contribution in [3.63, 3.8) is 0 Å². The normalized spacial score (nSPS) is 24.0. The van der Waals surface area contributed by atoms with Crippen molar-refractivity contribution in [2.75, 3.05) is 19.0 Å². The first-order valence-electron chi connectivity index (χ1n) is 12.3. The van der Waals surface area contributed by atoms with Crippen molar-refractivity contribution >= 4 is 29.4 Å². The van der Waals surface area contributed by atoms with Gasteiger partial charge in [0.1, 0.15) is 0 Å². The number of anilines is 1. The van der Waals surface area contributed by atoms with Gasteiger partial charge < -0.3 is 19.7 Å². The first kappa shape index (κ1) is 24.5. The smallest absolute Gasteiger partial charge is 0.262 e. The molecule has 0 bridgehead atoms. The van der Waals surface area contributed by atoms with Crippen LogP contribution in [0.3, 0.4) is 0 Å². The van der Waals surface area contributed by atoms with Gasteiger partial charge in [-0.3, -0.25) is 4.79 Å². The number of hydrogen-bond donors (Lipinski definition) is 1. The predicted octanol–water partition coefficient (Wildman–Crippen LogP) is 6.62. The summed E-state index contributed by atoms with van der Waals surface area (Å²) in [4.78, 5) is 16.5. The lowest BCUT2D eigenvalue weighted by Gasteiger charge is -2.39. The maximum atomic E-state index is 13.7. The molecule has 1 aliphatic heterocycles. The highest BCUT2D eigenvalue weighted by atomic mass is 32.2. The van der Waals surface area contributed by atoms with E-state index in [2.05, 4.69) is 43.1 Å². The van der Waals surface area contributed by atoms with Gasteiger partial charge in [-0.1, -0.05) is 69.6 Å². The summed E-state index contributed by atoms with van der Waals surface area (Å²) < 4.78 is 11.5. The van der Waals surface area contributed by atoms with Crippen molar-refractivity contribution in [1.82, 2.24) is 4.90 Å². The number of nitrogens with zero attached hydrogens (tertiary/aromatic N) is 1. The summed E-state index contributed by atoms with van der Waals surface area (Å²) in [6, 6.07) is 16.3. The van der Waals surface area contributed by atoms with Crippen molar-refractivity contribution in [3.8, 4) is 11.5 Å². The fourth-order valence-electron chi connectivity index (χ4n) is 4.67. The molecule has 5 nitrogen and oxygen atoms in total. The van der Waals surface area contributed by atoms with Crippen molar-refractivity contribution in [2.45, 2.75) is 58.0 Å². The number of carbonyl (C=O) groups is 1. The molecule has 2 aromatic carbocycles. The monoisotopic (exact) mass is 480 g/mol. The Bertz CT molecular complexity index is 1010. The first-order chi connectivity index (χ1) is 16.5. The average molecular weight is 481 g/mol. The van der Waals surface area contributed by atoms with Gasteiger partial charge in [-0.05, 0) is 60.6 Å². The van der Waals surface area contributed by atoms with Gasteiger partial charge in [-0.15, -0.1) is 0 Å². The molecule has 1 aliphatic carbocycles. The first-order valence-corrected chi connectivity index (χ1v) is 13.2. The number of ether oxygens (including phenoxy) is 2. The second kappa shape index (κ2) is 11.2. The van der Waals surface area contributed by atoms with Gasteiger partial charge in [0.2, 0.25) is 0 Å². The van der Waals surface area contributed by atoms with Crippen LogP contribution >= 0.6 is 11.8 Å². The zero-order chi connectivity index (χ0) is 24.1. The van der Waals surface area contributed by atoms with Crippen LogP contribution in [0.5, 0.6) is 11.5 Å². The van der Waals surface area contributed by atoms with E-state index < -0.39 is 0 Å². The summed E-state index contributed by atoms with van der Waals surface area (Å²) in [7, 11) is 1.65. The molecule has 182 valence electrons. The molecule has 2 fully saturated rings. The van der Waals surface area contributed by atoms with Gasteiger partial charge in [0, 0.05) is 11.7 Å². The van der Waals surface area contributed by atoms with Crippen molar-refractivity contribution in [2.24, 2.45) is 11.8 Å². The van der Waals surface area contributed by atoms with Crippen LogP contribution in [0.2, 0.25) is 0 Å². The van der Waals surface area contributed by atoms with Crippen molar-refractivity contribution < 1.29 is 14.3 Å². The number of nitrogens with one attached hydrogen (secondary N) is 1. The van der Waals surface area contributed by atoms with E-state index in [9.17, 15) is 4.79 Å². The average Bonchev–Trinajstić information content (AvgIpc) is 3.13. The van der Waals surface area contributed by atoms with Crippen molar-refractivity contribution in [1.29, 1.82) is 0 Å². The molecule has 0 radical (unpaired) electrons. The molecule has 1 saturated carbocycles. The maximum Gasteiger partial charge on any atom is 0.262 e. The highest BCUT2D eigenvalue weighted by Crippen LogP contribution is 2.42. The van der Waals surface area contributed by atoms with Gasteiger partial charge in [0.25, 0.3) is 5.91 Å². The lowest BCUT2D eigenvalue weighted by Crippen LogP contribution is -2.48. The minimum atomic E-state index is -0.123. The Morgan fingerprint density at radius 2 is 1.88 bits per heavy atom. The minimum absolute atomic E-state index is 0.108. The van der Waals surface area contributed by atoms with Gasteiger partial charge in [-0.2, -0.15) is 0 Å². The molecular weight excluding hydrogens is 444 g/mol. The molecule has 2 aromatic rings. The Morgan fingerprint density at radius 1 is 1.12 bits per heavy atom. The predicted molar refractivity (Wildman–Crippen MR) is 141 cm³/mol.